The Kier molecular flexibility index (Phi) is 14.5. The summed E-state index contributed by atoms with van der Waals surface area (Å²) in [4.78, 5) is 77.6. The van der Waals surface area contributed by atoms with E-state index in [0.717, 1.165) is 5.56 Å². The van der Waals surface area contributed by atoms with Crippen molar-refractivity contribution >= 4 is 35.5 Å². The highest BCUT2D eigenvalue weighted by molar-refractivity contribution is 5.97. The summed E-state index contributed by atoms with van der Waals surface area (Å²) < 4.78 is 10.2. The van der Waals surface area contributed by atoms with Crippen LogP contribution in [0.5, 0.6) is 0 Å². The zero-order chi connectivity index (χ0) is 36.1. The molecule has 0 radical (unpaired) electrons. The Morgan fingerprint density at radius 3 is 2.29 bits per heavy atom. The number of aromatic nitrogens is 1. The number of benzene rings is 1. The summed E-state index contributed by atoms with van der Waals surface area (Å²) in [7, 11) is 0. The van der Waals surface area contributed by atoms with Crippen molar-refractivity contribution in [2.24, 2.45) is 17.8 Å². The fourth-order valence-electron chi connectivity index (χ4n) is 5.20. The number of ether oxygens (including phenoxy) is 1. The smallest absolute Gasteiger partial charge is 0.330 e. The van der Waals surface area contributed by atoms with Gasteiger partial charge in [0.25, 0.3) is 5.91 Å². The molecule has 49 heavy (non-hydrogen) atoms. The predicted octanol–water partition coefficient (Wildman–Crippen LogP) is 2.08. The van der Waals surface area contributed by atoms with Crippen LogP contribution in [0.3, 0.4) is 0 Å². The molecular weight excluding hydrogens is 632 g/mol. The van der Waals surface area contributed by atoms with Crippen LogP contribution in [0.4, 0.5) is 0 Å². The first kappa shape index (κ1) is 38.4. The van der Waals surface area contributed by atoms with Gasteiger partial charge in [-0.1, -0.05) is 69.3 Å². The Morgan fingerprint density at radius 1 is 0.980 bits per heavy atom. The molecular formula is C35H48N6O8. The number of esters is 1. The highest BCUT2D eigenvalue weighted by atomic mass is 16.5. The molecule has 0 spiro atoms. The van der Waals surface area contributed by atoms with Gasteiger partial charge in [0.05, 0.1) is 0 Å². The van der Waals surface area contributed by atoms with Crippen molar-refractivity contribution in [3.63, 3.8) is 0 Å². The second kappa shape index (κ2) is 18.5. The third-order valence-electron chi connectivity index (χ3n) is 7.91. The number of hydrogen-bond acceptors (Lipinski definition) is 9. The average molecular weight is 681 g/mol. The van der Waals surface area contributed by atoms with Crippen molar-refractivity contribution in [1.82, 2.24) is 31.7 Å². The fourth-order valence-corrected chi connectivity index (χ4v) is 5.20. The number of nitrogens with zero attached hydrogens (tertiary/aromatic N) is 1. The number of amides is 5. The van der Waals surface area contributed by atoms with Gasteiger partial charge in [-0.2, -0.15) is 0 Å². The fraction of sp³-hybridized carbons (Fsp3) is 0.514. The SMILES string of the molecule is Cc1cc(C(=O)NC(C)C(=O)NC(C(=O)NC(CC(C)C)C(=O)NC(C=CC(=O)OCc2ccccc2)CC2CCNC2=O)C(C)C)no1. The highest BCUT2D eigenvalue weighted by Gasteiger charge is 2.33. The first-order chi connectivity index (χ1) is 23.2. The summed E-state index contributed by atoms with van der Waals surface area (Å²) in [6.07, 6.45) is 3.82. The Morgan fingerprint density at radius 2 is 1.69 bits per heavy atom. The van der Waals surface area contributed by atoms with Crippen molar-refractivity contribution in [2.75, 3.05) is 6.54 Å². The van der Waals surface area contributed by atoms with Crippen LogP contribution in [-0.2, 0) is 35.3 Å². The number of carbonyl (C=O) groups is 6. The lowest BCUT2D eigenvalue weighted by molar-refractivity contribution is -0.139. The molecule has 5 N–H and O–H groups in total. The minimum Gasteiger partial charge on any atom is -0.458 e. The van der Waals surface area contributed by atoms with Crippen LogP contribution in [-0.4, -0.2) is 71.4 Å². The standard InChI is InChI=1S/C35H48N6O8/c1-20(2)16-27(39-35(47)30(21(3)4)40-31(43)23(6)37-34(46)28-17-22(5)49-41-28)33(45)38-26(18-25-14-15-36-32(25)44)12-13-29(42)48-19-24-10-8-7-9-11-24/h7-13,17,20-21,23,25-27,30H,14-16,18-19H2,1-6H3,(H,36,44)(H,37,46)(H,38,45)(H,39,47)(H,40,43). The summed E-state index contributed by atoms with van der Waals surface area (Å²) in [5, 5.41) is 17.3. The molecule has 14 nitrogen and oxygen atoms in total. The molecule has 14 heteroatoms. The van der Waals surface area contributed by atoms with E-state index in [1.165, 1.54) is 25.1 Å². The monoisotopic (exact) mass is 680 g/mol. The van der Waals surface area contributed by atoms with E-state index in [1.54, 1.807) is 20.8 Å². The van der Waals surface area contributed by atoms with E-state index >= 15 is 0 Å². The summed E-state index contributed by atoms with van der Waals surface area (Å²) in [6.45, 7) is 11.0. The average Bonchev–Trinajstić information content (AvgIpc) is 3.68. The zero-order valence-corrected chi connectivity index (χ0v) is 28.9. The van der Waals surface area contributed by atoms with Crippen LogP contribution in [0.15, 0.2) is 53.1 Å². The normalized spacial score (nSPS) is 16.8. The molecule has 2 aromatic rings. The molecule has 1 saturated heterocycles. The van der Waals surface area contributed by atoms with Gasteiger partial charge in [-0.05, 0) is 50.5 Å². The predicted molar refractivity (Wildman–Crippen MR) is 179 cm³/mol. The Labute approximate surface area is 286 Å². The summed E-state index contributed by atoms with van der Waals surface area (Å²) in [5.41, 5.74) is 0.837. The van der Waals surface area contributed by atoms with Gasteiger partial charge in [-0.3, -0.25) is 24.0 Å². The van der Waals surface area contributed by atoms with E-state index < -0.39 is 53.8 Å². The van der Waals surface area contributed by atoms with Gasteiger partial charge in [0.1, 0.15) is 30.5 Å². The molecule has 5 unspecified atom stereocenters. The minimum absolute atomic E-state index is 0.00103. The Bertz CT molecular complexity index is 1490. The van der Waals surface area contributed by atoms with Crippen LogP contribution in [0.25, 0.3) is 0 Å². The van der Waals surface area contributed by atoms with Crippen molar-refractivity contribution in [1.29, 1.82) is 0 Å². The van der Waals surface area contributed by atoms with Gasteiger partial charge in [-0.15, -0.1) is 0 Å². The third-order valence-corrected chi connectivity index (χ3v) is 7.91. The largest absolute Gasteiger partial charge is 0.458 e. The van der Waals surface area contributed by atoms with E-state index in [2.05, 4.69) is 31.7 Å². The lowest BCUT2D eigenvalue weighted by Crippen LogP contribution is -2.58. The van der Waals surface area contributed by atoms with Crippen LogP contribution in [0.2, 0.25) is 0 Å². The van der Waals surface area contributed by atoms with Crippen LogP contribution < -0.4 is 26.6 Å². The maximum atomic E-state index is 13.7. The molecule has 1 aliphatic heterocycles. The molecule has 266 valence electrons. The quantitative estimate of drug-likeness (QED) is 0.123. The van der Waals surface area contributed by atoms with Gasteiger partial charge in [0.15, 0.2) is 5.69 Å². The van der Waals surface area contributed by atoms with Gasteiger partial charge in [-0.25, -0.2) is 4.79 Å². The van der Waals surface area contributed by atoms with Crippen LogP contribution >= 0.6 is 0 Å². The van der Waals surface area contributed by atoms with Gasteiger partial charge in [0, 0.05) is 30.6 Å². The molecule has 1 fully saturated rings. The van der Waals surface area contributed by atoms with E-state index in [9.17, 15) is 28.8 Å². The van der Waals surface area contributed by atoms with E-state index in [0.29, 0.717) is 18.7 Å². The van der Waals surface area contributed by atoms with Gasteiger partial charge in [0.2, 0.25) is 23.6 Å². The topological polar surface area (TPSA) is 198 Å². The molecule has 1 aromatic carbocycles. The van der Waals surface area contributed by atoms with E-state index in [-0.39, 0.29) is 48.8 Å². The number of hydrogen-bond donors (Lipinski definition) is 5. The molecule has 5 amide bonds. The lowest BCUT2D eigenvalue weighted by Gasteiger charge is -2.28. The summed E-state index contributed by atoms with van der Waals surface area (Å²) in [5.74, 6) is -3.35. The van der Waals surface area contributed by atoms with E-state index in [4.69, 9.17) is 9.26 Å². The highest BCUT2D eigenvalue weighted by Crippen LogP contribution is 2.18. The minimum atomic E-state index is -1.03. The van der Waals surface area contributed by atoms with Gasteiger partial charge >= 0.3 is 5.97 Å². The number of aryl methyl sites for hydroxylation is 1. The van der Waals surface area contributed by atoms with Crippen molar-refractivity contribution < 1.29 is 38.0 Å². The molecule has 1 aromatic heterocycles. The van der Waals surface area contributed by atoms with Gasteiger partial charge < -0.3 is 35.8 Å². The number of nitrogens with one attached hydrogen (secondary N) is 5. The molecule has 0 bridgehead atoms. The second-order valence-corrected chi connectivity index (χ2v) is 13.0. The molecule has 5 atom stereocenters. The van der Waals surface area contributed by atoms with Crippen LogP contribution in [0.1, 0.15) is 75.7 Å². The summed E-state index contributed by atoms with van der Waals surface area (Å²) in [6, 6.07) is 6.89. The molecule has 2 heterocycles. The zero-order valence-electron chi connectivity index (χ0n) is 28.9. The summed E-state index contributed by atoms with van der Waals surface area (Å²) >= 11 is 0. The van der Waals surface area contributed by atoms with Crippen molar-refractivity contribution in [3.8, 4) is 0 Å². The molecule has 1 aliphatic rings. The van der Waals surface area contributed by atoms with Crippen LogP contribution in [0, 0.1) is 24.7 Å². The first-order valence-corrected chi connectivity index (χ1v) is 16.5. The maximum Gasteiger partial charge on any atom is 0.330 e. The van der Waals surface area contributed by atoms with Crippen molar-refractivity contribution in [3.05, 3.63) is 65.6 Å². The molecule has 0 saturated carbocycles. The third kappa shape index (κ3) is 12.5. The second-order valence-electron chi connectivity index (χ2n) is 13.0. The lowest BCUT2D eigenvalue weighted by atomic mass is 9.96. The number of rotatable bonds is 17. The molecule has 0 aliphatic carbocycles. The first-order valence-electron chi connectivity index (χ1n) is 16.5. The Hall–Kier alpha value is -5.01. The Balaban J connectivity index is 1.68. The van der Waals surface area contributed by atoms with Crippen molar-refractivity contribution in [2.45, 2.75) is 91.6 Å². The van der Waals surface area contributed by atoms with E-state index in [1.807, 2.05) is 44.2 Å². The maximum absolute atomic E-state index is 13.7. The molecule has 3 rings (SSSR count). The number of carbonyl (C=O) groups excluding carboxylic acids is 6.